The lowest BCUT2D eigenvalue weighted by atomic mass is 10.1. The first-order chi connectivity index (χ1) is 13.9. The smallest absolute Gasteiger partial charge is 0.322 e. The van der Waals surface area contributed by atoms with Gasteiger partial charge in [0.25, 0.3) is 0 Å². The predicted molar refractivity (Wildman–Crippen MR) is 116 cm³/mol. The molecule has 3 rings (SSSR count). The van der Waals surface area contributed by atoms with Crippen molar-refractivity contribution in [2.24, 2.45) is 7.05 Å². The van der Waals surface area contributed by atoms with E-state index in [0.717, 1.165) is 41.8 Å². The average molecular weight is 397 g/mol. The van der Waals surface area contributed by atoms with Crippen LogP contribution in [-0.4, -0.2) is 45.4 Å². The SMILES string of the molecule is CCCN(CC(=O)N(Cc1cccn1C)C1CC1)C(=O)Nc1ccc(C)cc1C. The van der Waals surface area contributed by atoms with Crippen molar-refractivity contribution in [1.29, 1.82) is 0 Å². The Morgan fingerprint density at radius 1 is 1.21 bits per heavy atom. The van der Waals surface area contributed by atoms with Crippen molar-refractivity contribution in [3.63, 3.8) is 0 Å². The normalized spacial score (nSPS) is 13.2. The number of amides is 3. The second-order valence-electron chi connectivity index (χ2n) is 8.03. The van der Waals surface area contributed by atoms with Crippen molar-refractivity contribution in [2.75, 3.05) is 18.4 Å². The van der Waals surface area contributed by atoms with Gasteiger partial charge in [-0.1, -0.05) is 24.6 Å². The van der Waals surface area contributed by atoms with Crippen LogP contribution in [0.1, 0.15) is 43.0 Å². The topological polar surface area (TPSA) is 57.6 Å². The van der Waals surface area contributed by atoms with Gasteiger partial charge in [-0.2, -0.15) is 0 Å². The van der Waals surface area contributed by atoms with Gasteiger partial charge in [-0.05, 0) is 56.9 Å². The largest absolute Gasteiger partial charge is 0.353 e. The molecule has 1 aliphatic carbocycles. The Morgan fingerprint density at radius 3 is 2.55 bits per heavy atom. The Morgan fingerprint density at radius 2 is 1.97 bits per heavy atom. The van der Waals surface area contributed by atoms with E-state index in [9.17, 15) is 9.59 Å². The molecule has 0 aliphatic heterocycles. The summed E-state index contributed by atoms with van der Waals surface area (Å²) in [4.78, 5) is 29.6. The third-order valence-corrected chi connectivity index (χ3v) is 5.42. The quantitative estimate of drug-likeness (QED) is 0.731. The summed E-state index contributed by atoms with van der Waals surface area (Å²) >= 11 is 0. The Bertz CT molecular complexity index is 870. The number of hydrogen-bond donors (Lipinski definition) is 1. The van der Waals surface area contributed by atoms with Gasteiger partial charge in [0.15, 0.2) is 0 Å². The van der Waals surface area contributed by atoms with Gasteiger partial charge in [0.1, 0.15) is 6.54 Å². The Kier molecular flexibility index (Phi) is 6.62. The zero-order valence-corrected chi connectivity index (χ0v) is 17.9. The number of carbonyl (C=O) groups excluding carboxylic acids is 2. The summed E-state index contributed by atoms with van der Waals surface area (Å²) in [7, 11) is 1.99. The number of carbonyl (C=O) groups is 2. The molecule has 2 aromatic rings. The van der Waals surface area contributed by atoms with Crippen molar-refractivity contribution in [1.82, 2.24) is 14.4 Å². The first-order valence-electron chi connectivity index (χ1n) is 10.4. The molecule has 0 unspecified atom stereocenters. The monoisotopic (exact) mass is 396 g/mol. The minimum Gasteiger partial charge on any atom is -0.353 e. The predicted octanol–water partition coefficient (Wildman–Crippen LogP) is 4.08. The zero-order chi connectivity index (χ0) is 21.0. The second-order valence-corrected chi connectivity index (χ2v) is 8.03. The number of aromatic nitrogens is 1. The minimum atomic E-state index is -0.221. The molecule has 1 heterocycles. The Balaban J connectivity index is 1.68. The summed E-state index contributed by atoms with van der Waals surface area (Å²) < 4.78 is 2.04. The molecule has 1 aromatic carbocycles. The van der Waals surface area contributed by atoms with Gasteiger partial charge in [-0.15, -0.1) is 0 Å². The molecule has 0 spiro atoms. The number of nitrogens with zero attached hydrogens (tertiary/aromatic N) is 3. The van der Waals surface area contributed by atoms with Crippen molar-refractivity contribution < 1.29 is 9.59 Å². The Labute approximate surface area is 173 Å². The summed E-state index contributed by atoms with van der Waals surface area (Å²) in [6, 6.07) is 10.0. The highest BCUT2D eigenvalue weighted by atomic mass is 16.2. The molecule has 0 bridgehead atoms. The van der Waals surface area contributed by atoms with Crippen molar-refractivity contribution >= 4 is 17.6 Å². The zero-order valence-electron chi connectivity index (χ0n) is 17.9. The number of aryl methyl sites for hydroxylation is 3. The number of benzene rings is 1. The number of nitrogens with one attached hydrogen (secondary N) is 1. The fraction of sp³-hybridized carbons (Fsp3) is 0.478. The molecule has 1 aromatic heterocycles. The fourth-order valence-corrected chi connectivity index (χ4v) is 3.57. The maximum absolute atomic E-state index is 13.1. The second kappa shape index (κ2) is 9.16. The van der Waals surface area contributed by atoms with E-state index in [1.807, 2.05) is 73.8 Å². The summed E-state index contributed by atoms with van der Waals surface area (Å²) in [5.74, 6) is 0.0120. The first-order valence-corrected chi connectivity index (χ1v) is 10.4. The van der Waals surface area contributed by atoms with Crippen molar-refractivity contribution in [3.05, 3.63) is 53.3 Å². The standard InChI is InChI=1S/C23H32N4O2/c1-5-12-26(23(29)24-21-11-8-17(2)14-18(21)3)16-22(28)27(19-9-10-19)15-20-7-6-13-25(20)4/h6-8,11,13-14,19H,5,9-10,12,15-16H2,1-4H3,(H,24,29). The molecule has 6 heteroatoms. The van der Waals surface area contributed by atoms with Crippen LogP contribution in [0.4, 0.5) is 10.5 Å². The minimum absolute atomic E-state index is 0.0120. The molecule has 29 heavy (non-hydrogen) atoms. The van der Waals surface area contributed by atoms with Gasteiger partial charge in [-0.3, -0.25) is 4.79 Å². The van der Waals surface area contributed by atoms with E-state index in [1.54, 1.807) is 4.90 Å². The van der Waals surface area contributed by atoms with E-state index in [1.165, 1.54) is 0 Å². The van der Waals surface area contributed by atoms with Gasteiger partial charge in [0.2, 0.25) is 5.91 Å². The molecule has 0 saturated heterocycles. The number of rotatable bonds is 8. The lowest BCUT2D eigenvalue weighted by Gasteiger charge is -2.28. The van der Waals surface area contributed by atoms with E-state index in [2.05, 4.69) is 5.32 Å². The third-order valence-electron chi connectivity index (χ3n) is 5.42. The van der Waals surface area contributed by atoms with E-state index >= 15 is 0 Å². The van der Waals surface area contributed by atoms with Crippen LogP contribution in [0.2, 0.25) is 0 Å². The Hall–Kier alpha value is -2.76. The lowest BCUT2D eigenvalue weighted by molar-refractivity contribution is -0.133. The van der Waals surface area contributed by atoms with Crippen LogP contribution < -0.4 is 5.32 Å². The molecule has 6 nitrogen and oxygen atoms in total. The van der Waals surface area contributed by atoms with Crippen LogP contribution in [0.3, 0.4) is 0 Å². The molecule has 3 amide bonds. The summed E-state index contributed by atoms with van der Waals surface area (Å²) in [6.45, 7) is 7.26. The van der Waals surface area contributed by atoms with E-state index in [0.29, 0.717) is 19.1 Å². The average Bonchev–Trinajstić information content (AvgIpc) is 3.43. The molecule has 1 N–H and O–H groups in total. The first kappa shape index (κ1) is 21.0. The van der Waals surface area contributed by atoms with Crippen LogP contribution in [-0.2, 0) is 18.4 Å². The number of hydrogen-bond acceptors (Lipinski definition) is 2. The summed E-state index contributed by atoms with van der Waals surface area (Å²) in [5, 5.41) is 2.98. The van der Waals surface area contributed by atoms with Gasteiger partial charge in [0, 0.05) is 37.2 Å². The van der Waals surface area contributed by atoms with Gasteiger partial charge < -0.3 is 19.7 Å². The molecule has 1 saturated carbocycles. The van der Waals surface area contributed by atoms with Gasteiger partial charge in [0.05, 0.1) is 6.54 Å². The summed E-state index contributed by atoms with van der Waals surface area (Å²) in [6.07, 6.45) is 4.87. The van der Waals surface area contributed by atoms with Crippen molar-refractivity contribution in [2.45, 2.75) is 52.6 Å². The van der Waals surface area contributed by atoms with Crippen LogP contribution >= 0.6 is 0 Å². The highest BCUT2D eigenvalue weighted by molar-refractivity contribution is 5.93. The molecule has 0 atom stereocenters. The molecule has 1 fully saturated rings. The van der Waals surface area contributed by atoms with Gasteiger partial charge in [-0.25, -0.2) is 4.79 Å². The fourth-order valence-electron chi connectivity index (χ4n) is 3.57. The van der Waals surface area contributed by atoms with E-state index in [-0.39, 0.29) is 18.5 Å². The maximum atomic E-state index is 13.1. The van der Waals surface area contributed by atoms with Crippen LogP contribution in [0.15, 0.2) is 36.5 Å². The molecule has 1 aliphatic rings. The number of anilines is 1. The van der Waals surface area contributed by atoms with Gasteiger partial charge >= 0.3 is 6.03 Å². The number of urea groups is 1. The van der Waals surface area contributed by atoms with Crippen molar-refractivity contribution in [3.8, 4) is 0 Å². The maximum Gasteiger partial charge on any atom is 0.322 e. The van der Waals surface area contributed by atoms with Crippen LogP contribution in [0.5, 0.6) is 0 Å². The van der Waals surface area contributed by atoms with Crippen LogP contribution in [0, 0.1) is 13.8 Å². The third kappa shape index (κ3) is 5.40. The molecule has 156 valence electrons. The molecular formula is C23H32N4O2. The summed E-state index contributed by atoms with van der Waals surface area (Å²) in [5.41, 5.74) is 4.07. The lowest BCUT2D eigenvalue weighted by Crippen LogP contribution is -2.45. The highest BCUT2D eigenvalue weighted by Gasteiger charge is 2.34. The van der Waals surface area contributed by atoms with E-state index in [4.69, 9.17) is 0 Å². The molecule has 0 radical (unpaired) electrons. The van der Waals surface area contributed by atoms with Crippen LogP contribution in [0.25, 0.3) is 0 Å². The van der Waals surface area contributed by atoms with E-state index < -0.39 is 0 Å². The molecular weight excluding hydrogens is 364 g/mol. The highest BCUT2D eigenvalue weighted by Crippen LogP contribution is 2.28.